The molecule has 0 saturated heterocycles. The van der Waals surface area contributed by atoms with Gasteiger partial charge in [0.25, 0.3) is 0 Å². The minimum absolute atomic E-state index is 0.282. The molecule has 1 N–H and O–H groups in total. The second-order valence-corrected chi connectivity index (χ2v) is 3.99. The predicted molar refractivity (Wildman–Crippen MR) is 68.4 cm³/mol. The van der Waals surface area contributed by atoms with Crippen LogP contribution in [0.5, 0.6) is 0 Å². The fourth-order valence-electron chi connectivity index (χ4n) is 1.80. The first kappa shape index (κ1) is 12.2. The summed E-state index contributed by atoms with van der Waals surface area (Å²) < 4.78 is 0. The highest BCUT2D eigenvalue weighted by Gasteiger charge is 2.12. The van der Waals surface area contributed by atoms with Crippen molar-refractivity contribution >= 4 is 5.97 Å². The van der Waals surface area contributed by atoms with Gasteiger partial charge < -0.3 is 5.11 Å². The molecule has 0 aromatic carbocycles. The molecule has 92 valence electrons. The number of aromatic nitrogens is 2. The van der Waals surface area contributed by atoms with E-state index in [9.17, 15) is 4.79 Å². The van der Waals surface area contributed by atoms with Crippen LogP contribution in [0.2, 0.25) is 0 Å². The largest absolute Gasteiger partial charge is 0.478 e. The maximum Gasteiger partial charge on any atom is 0.337 e. The van der Waals surface area contributed by atoms with Crippen molar-refractivity contribution in [1.29, 1.82) is 0 Å². The standard InChI is InChI=1S/C14H14N2O2/c1-2-4-13-11(14(17)18)6-7-12(16-13)10-5-3-8-15-9-10/h3,5-9H,2,4H2,1H3,(H,17,18). The van der Waals surface area contributed by atoms with Crippen LogP contribution in [0.4, 0.5) is 0 Å². The Balaban J connectivity index is 2.46. The van der Waals surface area contributed by atoms with E-state index in [1.54, 1.807) is 24.5 Å². The quantitative estimate of drug-likeness (QED) is 0.895. The van der Waals surface area contributed by atoms with E-state index in [4.69, 9.17) is 5.11 Å². The number of nitrogens with zero attached hydrogens (tertiary/aromatic N) is 2. The fourth-order valence-corrected chi connectivity index (χ4v) is 1.80. The molecule has 18 heavy (non-hydrogen) atoms. The zero-order valence-corrected chi connectivity index (χ0v) is 10.1. The van der Waals surface area contributed by atoms with Crippen molar-refractivity contribution in [3.8, 4) is 11.3 Å². The zero-order valence-electron chi connectivity index (χ0n) is 10.1. The molecule has 0 spiro atoms. The summed E-state index contributed by atoms with van der Waals surface area (Å²) in [5, 5.41) is 9.10. The maximum atomic E-state index is 11.1. The van der Waals surface area contributed by atoms with E-state index >= 15 is 0 Å². The van der Waals surface area contributed by atoms with E-state index in [1.165, 1.54) is 0 Å². The van der Waals surface area contributed by atoms with Gasteiger partial charge in [-0.1, -0.05) is 13.3 Å². The Kier molecular flexibility index (Phi) is 3.67. The van der Waals surface area contributed by atoms with E-state index in [2.05, 4.69) is 9.97 Å². The number of aryl methyl sites for hydroxylation is 1. The summed E-state index contributed by atoms with van der Waals surface area (Å²) in [5.74, 6) is -0.927. The first-order valence-electron chi connectivity index (χ1n) is 5.86. The van der Waals surface area contributed by atoms with Gasteiger partial charge in [-0.25, -0.2) is 4.79 Å². The van der Waals surface area contributed by atoms with Crippen LogP contribution in [0.1, 0.15) is 29.4 Å². The number of hydrogen-bond donors (Lipinski definition) is 1. The van der Waals surface area contributed by atoms with Crippen molar-refractivity contribution in [2.75, 3.05) is 0 Å². The van der Waals surface area contributed by atoms with Gasteiger partial charge in [-0.2, -0.15) is 0 Å². The van der Waals surface area contributed by atoms with E-state index in [1.807, 2.05) is 19.1 Å². The minimum atomic E-state index is -0.927. The van der Waals surface area contributed by atoms with Crippen molar-refractivity contribution in [2.24, 2.45) is 0 Å². The number of carboxylic acid groups (broad SMARTS) is 1. The monoisotopic (exact) mass is 242 g/mol. The van der Waals surface area contributed by atoms with Crippen LogP contribution in [-0.2, 0) is 6.42 Å². The Labute approximate surface area is 105 Å². The fraction of sp³-hybridized carbons (Fsp3) is 0.214. The number of carboxylic acids is 1. The van der Waals surface area contributed by atoms with Gasteiger partial charge in [-0.15, -0.1) is 0 Å². The van der Waals surface area contributed by atoms with Crippen LogP contribution in [0.15, 0.2) is 36.7 Å². The van der Waals surface area contributed by atoms with E-state index in [-0.39, 0.29) is 5.56 Å². The molecule has 2 heterocycles. The molecule has 0 unspecified atom stereocenters. The SMILES string of the molecule is CCCc1nc(-c2cccnc2)ccc1C(=O)O. The number of rotatable bonds is 4. The first-order chi connectivity index (χ1) is 8.72. The lowest BCUT2D eigenvalue weighted by Crippen LogP contribution is -2.05. The molecule has 0 fully saturated rings. The zero-order chi connectivity index (χ0) is 13.0. The number of carbonyl (C=O) groups is 1. The average molecular weight is 242 g/mol. The highest BCUT2D eigenvalue weighted by atomic mass is 16.4. The average Bonchev–Trinajstić information content (AvgIpc) is 2.40. The van der Waals surface area contributed by atoms with Gasteiger partial charge in [0.1, 0.15) is 0 Å². The third kappa shape index (κ3) is 2.53. The Morgan fingerprint density at radius 1 is 1.33 bits per heavy atom. The molecule has 0 atom stereocenters. The summed E-state index contributed by atoms with van der Waals surface area (Å²) in [6.07, 6.45) is 4.94. The van der Waals surface area contributed by atoms with Gasteiger partial charge in [-0.3, -0.25) is 9.97 Å². The van der Waals surface area contributed by atoms with Crippen LogP contribution in [0.25, 0.3) is 11.3 Å². The molecular weight excluding hydrogens is 228 g/mol. The lowest BCUT2D eigenvalue weighted by Gasteiger charge is -2.07. The van der Waals surface area contributed by atoms with Gasteiger partial charge in [0, 0.05) is 18.0 Å². The normalized spacial score (nSPS) is 10.3. The molecular formula is C14H14N2O2. The Morgan fingerprint density at radius 2 is 2.17 bits per heavy atom. The predicted octanol–water partition coefficient (Wildman–Crippen LogP) is 2.79. The molecule has 0 radical (unpaired) electrons. The van der Waals surface area contributed by atoms with E-state index in [0.717, 1.165) is 17.7 Å². The van der Waals surface area contributed by atoms with Crippen molar-refractivity contribution in [1.82, 2.24) is 9.97 Å². The Hall–Kier alpha value is -2.23. The van der Waals surface area contributed by atoms with Crippen LogP contribution >= 0.6 is 0 Å². The molecule has 0 aliphatic carbocycles. The second kappa shape index (κ2) is 5.40. The first-order valence-corrected chi connectivity index (χ1v) is 5.86. The summed E-state index contributed by atoms with van der Waals surface area (Å²) in [6, 6.07) is 7.08. The number of pyridine rings is 2. The highest BCUT2D eigenvalue weighted by molar-refractivity contribution is 5.89. The third-order valence-corrected chi connectivity index (χ3v) is 2.65. The molecule has 0 amide bonds. The lowest BCUT2D eigenvalue weighted by atomic mass is 10.1. The summed E-state index contributed by atoms with van der Waals surface area (Å²) in [7, 11) is 0. The molecule has 4 heteroatoms. The number of hydrogen-bond acceptors (Lipinski definition) is 3. The van der Waals surface area contributed by atoms with Crippen molar-refractivity contribution in [2.45, 2.75) is 19.8 Å². The topological polar surface area (TPSA) is 63.1 Å². The molecule has 0 aliphatic heterocycles. The van der Waals surface area contributed by atoms with Gasteiger partial charge in [-0.05, 0) is 30.7 Å². The van der Waals surface area contributed by atoms with Gasteiger partial charge >= 0.3 is 5.97 Å². The van der Waals surface area contributed by atoms with Crippen LogP contribution in [0, 0.1) is 0 Å². The lowest BCUT2D eigenvalue weighted by molar-refractivity contribution is 0.0695. The molecule has 0 saturated carbocycles. The molecule has 2 rings (SSSR count). The number of aromatic carboxylic acids is 1. The van der Waals surface area contributed by atoms with E-state index in [0.29, 0.717) is 12.1 Å². The van der Waals surface area contributed by atoms with Gasteiger partial charge in [0.15, 0.2) is 0 Å². The summed E-state index contributed by atoms with van der Waals surface area (Å²) in [6.45, 7) is 2.00. The summed E-state index contributed by atoms with van der Waals surface area (Å²) in [4.78, 5) is 19.6. The summed E-state index contributed by atoms with van der Waals surface area (Å²) >= 11 is 0. The van der Waals surface area contributed by atoms with Crippen molar-refractivity contribution in [3.05, 3.63) is 47.9 Å². The highest BCUT2D eigenvalue weighted by Crippen LogP contribution is 2.19. The molecule has 2 aromatic heterocycles. The molecule has 0 aliphatic rings. The van der Waals surface area contributed by atoms with Gasteiger partial charge in [0.2, 0.25) is 0 Å². The minimum Gasteiger partial charge on any atom is -0.478 e. The van der Waals surface area contributed by atoms with Crippen molar-refractivity contribution < 1.29 is 9.90 Å². The molecule has 0 bridgehead atoms. The smallest absolute Gasteiger partial charge is 0.337 e. The van der Waals surface area contributed by atoms with Crippen LogP contribution in [0.3, 0.4) is 0 Å². The Morgan fingerprint density at radius 3 is 2.78 bits per heavy atom. The van der Waals surface area contributed by atoms with Crippen LogP contribution in [-0.4, -0.2) is 21.0 Å². The third-order valence-electron chi connectivity index (χ3n) is 2.65. The van der Waals surface area contributed by atoms with Crippen molar-refractivity contribution in [3.63, 3.8) is 0 Å². The Bertz CT molecular complexity index is 553. The maximum absolute atomic E-state index is 11.1. The van der Waals surface area contributed by atoms with E-state index < -0.39 is 5.97 Å². The second-order valence-electron chi connectivity index (χ2n) is 3.99. The van der Waals surface area contributed by atoms with Gasteiger partial charge in [0.05, 0.1) is 17.0 Å². The molecule has 4 nitrogen and oxygen atoms in total. The van der Waals surface area contributed by atoms with Crippen LogP contribution < -0.4 is 0 Å². The summed E-state index contributed by atoms with van der Waals surface area (Å²) in [5.41, 5.74) is 2.57. The molecule has 2 aromatic rings.